The van der Waals surface area contributed by atoms with E-state index in [1.807, 2.05) is 0 Å². The van der Waals surface area contributed by atoms with Gasteiger partial charge in [0.1, 0.15) is 5.60 Å². The molecule has 1 fully saturated rings. The van der Waals surface area contributed by atoms with E-state index in [9.17, 15) is 18.4 Å². The van der Waals surface area contributed by atoms with E-state index in [2.05, 4.69) is 0 Å². The number of likely N-dealkylation sites (tertiary alicyclic amines) is 1. The molecule has 0 aromatic carbocycles. The first-order chi connectivity index (χ1) is 9.42. The van der Waals surface area contributed by atoms with Gasteiger partial charge < -0.3 is 14.7 Å². The molecule has 21 heavy (non-hydrogen) atoms. The first-order valence-electron chi connectivity index (χ1n) is 7.01. The Hall–Kier alpha value is -1.40. The zero-order valence-corrected chi connectivity index (χ0v) is 12.9. The number of halogens is 2. The van der Waals surface area contributed by atoms with Gasteiger partial charge in [0.05, 0.1) is 0 Å². The molecule has 5 nitrogen and oxygen atoms in total. The Labute approximate surface area is 123 Å². The van der Waals surface area contributed by atoms with Gasteiger partial charge >= 0.3 is 18.0 Å². The van der Waals surface area contributed by atoms with Crippen LogP contribution in [0.4, 0.5) is 13.6 Å². The lowest BCUT2D eigenvalue weighted by Crippen LogP contribution is -2.46. The Kier molecular flexibility index (Phi) is 5.17. The highest BCUT2D eigenvalue weighted by atomic mass is 19.3. The maximum absolute atomic E-state index is 13.3. The maximum atomic E-state index is 13.3. The average Bonchev–Trinajstić information content (AvgIpc) is 2.29. The van der Waals surface area contributed by atoms with Gasteiger partial charge in [0, 0.05) is 19.5 Å². The number of hydrogen-bond donors (Lipinski definition) is 1. The van der Waals surface area contributed by atoms with Crippen LogP contribution in [-0.2, 0) is 9.53 Å². The van der Waals surface area contributed by atoms with Crippen LogP contribution in [-0.4, -0.2) is 46.7 Å². The molecule has 122 valence electrons. The third-order valence-corrected chi connectivity index (χ3v) is 3.57. The normalized spacial score (nSPS) is 23.8. The third kappa shape index (κ3) is 5.13. The molecule has 1 saturated heterocycles. The van der Waals surface area contributed by atoms with Crippen molar-refractivity contribution >= 4 is 12.1 Å². The second kappa shape index (κ2) is 6.15. The van der Waals surface area contributed by atoms with E-state index < -0.39 is 35.9 Å². The van der Waals surface area contributed by atoms with Crippen molar-refractivity contribution in [3.8, 4) is 0 Å². The molecule has 2 atom stereocenters. The summed E-state index contributed by atoms with van der Waals surface area (Å²) in [6.07, 6.45) is -0.799. The minimum absolute atomic E-state index is 0.198. The molecular weight excluding hydrogens is 284 g/mol. The molecular formula is C14H23F2NO4. The molecule has 1 heterocycles. The summed E-state index contributed by atoms with van der Waals surface area (Å²) in [7, 11) is 0. The third-order valence-electron chi connectivity index (χ3n) is 3.57. The van der Waals surface area contributed by atoms with Gasteiger partial charge in [-0.3, -0.25) is 0 Å². The lowest BCUT2D eigenvalue weighted by Gasteiger charge is -2.38. The molecule has 1 N–H and O–H groups in total. The van der Waals surface area contributed by atoms with Gasteiger partial charge in [0.25, 0.3) is 0 Å². The Morgan fingerprint density at radius 2 is 1.90 bits per heavy atom. The van der Waals surface area contributed by atoms with E-state index in [-0.39, 0.29) is 5.92 Å². The smallest absolute Gasteiger partial charge is 0.410 e. The van der Waals surface area contributed by atoms with E-state index in [0.29, 0.717) is 19.5 Å². The summed E-state index contributed by atoms with van der Waals surface area (Å²) in [6, 6.07) is 0. The van der Waals surface area contributed by atoms with Crippen molar-refractivity contribution in [2.24, 2.45) is 11.8 Å². The molecule has 0 bridgehead atoms. The molecule has 0 radical (unpaired) electrons. The fraction of sp³-hybridized carbons (Fsp3) is 0.857. The first-order valence-corrected chi connectivity index (χ1v) is 7.01. The van der Waals surface area contributed by atoms with Crippen LogP contribution < -0.4 is 0 Å². The Morgan fingerprint density at radius 1 is 1.33 bits per heavy atom. The fourth-order valence-electron chi connectivity index (χ4n) is 2.41. The molecule has 0 saturated carbocycles. The van der Waals surface area contributed by atoms with E-state index in [0.717, 1.165) is 0 Å². The second-order valence-electron chi connectivity index (χ2n) is 6.67. The average molecular weight is 307 g/mol. The number of piperidine rings is 1. The van der Waals surface area contributed by atoms with Crippen molar-refractivity contribution in [3.63, 3.8) is 0 Å². The standard InChI is InChI=1S/C14H23F2NO4/c1-9-8-17(12(20)21-13(2,3)4)6-5-10(9)7-14(15,16)11(18)19/h9-10H,5-8H2,1-4H3,(H,18,19). The van der Waals surface area contributed by atoms with E-state index in [1.165, 1.54) is 4.90 Å². The summed E-state index contributed by atoms with van der Waals surface area (Å²) in [4.78, 5) is 23.9. The highest BCUT2D eigenvalue weighted by Crippen LogP contribution is 2.34. The van der Waals surface area contributed by atoms with Crippen LogP contribution in [0, 0.1) is 11.8 Å². The van der Waals surface area contributed by atoms with Gasteiger partial charge in [-0.05, 0) is 39.0 Å². The van der Waals surface area contributed by atoms with Crippen LogP contribution in [0.1, 0.15) is 40.5 Å². The van der Waals surface area contributed by atoms with Crippen molar-refractivity contribution < 1.29 is 28.2 Å². The lowest BCUT2D eigenvalue weighted by atomic mass is 9.82. The molecule has 1 rings (SSSR count). The number of nitrogens with zero attached hydrogens (tertiary/aromatic N) is 1. The van der Waals surface area contributed by atoms with Crippen LogP contribution in [0.2, 0.25) is 0 Å². The SMILES string of the molecule is CC1CN(C(=O)OC(C)(C)C)CCC1CC(F)(F)C(=O)O. The minimum atomic E-state index is -3.72. The predicted octanol–water partition coefficient (Wildman–Crippen LogP) is 2.99. The van der Waals surface area contributed by atoms with Gasteiger partial charge in [-0.15, -0.1) is 0 Å². The van der Waals surface area contributed by atoms with Crippen LogP contribution in [0.15, 0.2) is 0 Å². The Bertz CT molecular complexity index is 406. The lowest BCUT2D eigenvalue weighted by molar-refractivity contribution is -0.168. The quantitative estimate of drug-likeness (QED) is 0.870. The van der Waals surface area contributed by atoms with Gasteiger partial charge in [-0.25, -0.2) is 9.59 Å². The summed E-state index contributed by atoms with van der Waals surface area (Å²) in [5.74, 6) is -6.43. The summed E-state index contributed by atoms with van der Waals surface area (Å²) < 4.78 is 31.8. The summed E-state index contributed by atoms with van der Waals surface area (Å²) >= 11 is 0. The van der Waals surface area contributed by atoms with Crippen LogP contribution in [0.25, 0.3) is 0 Å². The highest BCUT2D eigenvalue weighted by Gasteiger charge is 2.44. The fourth-order valence-corrected chi connectivity index (χ4v) is 2.41. The second-order valence-corrected chi connectivity index (χ2v) is 6.67. The number of alkyl halides is 2. The minimum Gasteiger partial charge on any atom is -0.477 e. The van der Waals surface area contributed by atoms with Crippen molar-refractivity contribution in [2.45, 2.75) is 52.1 Å². The Morgan fingerprint density at radius 3 is 2.33 bits per heavy atom. The summed E-state index contributed by atoms with van der Waals surface area (Å²) in [5, 5.41) is 8.49. The van der Waals surface area contributed by atoms with Crippen LogP contribution in [0.3, 0.4) is 0 Å². The maximum Gasteiger partial charge on any atom is 0.410 e. The van der Waals surface area contributed by atoms with Crippen molar-refractivity contribution in [3.05, 3.63) is 0 Å². The Balaban J connectivity index is 2.59. The highest BCUT2D eigenvalue weighted by molar-refractivity contribution is 5.75. The molecule has 0 aliphatic carbocycles. The van der Waals surface area contributed by atoms with Gasteiger partial charge in [0.2, 0.25) is 0 Å². The molecule has 0 spiro atoms. The number of hydrogen-bond acceptors (Lipinski definition) is 3. The molecule has 2 unspecified atom stereocenters. The van der Waals surface area contributed by atoms with E-state index >= 15 is 0 Å². The van der Waals surface area contributed by atoms with E-state index in [4.69, 9.17) is 9.84 Å². The monoisotopic (exact) mass is 307 g/mol. The van der Waals surface area contributed by atoms with Gasteiger partial charge in [0.15, 0.2) is 0 Å². The largest absolute Gasteiger partial charge is 0.477 e. The summed E-state index contributed by atoms with van der Waals surface area (Å²) in [5.41, 5.74) is -0.604. The number of carboxylic acid groups (broad SMARTS) is 1. The van der Waals surface area contributed by atoms with E-state index in [1.54, 1.807) is 27.7 Å². The zero-order valence-electron chi connectivity index (χ0n) is 12.9. The molecule has 7 heteroatoms. The molecule has 1 amide bonds. The molecule has 1 aliphatic rings. The van der Waals surface area contributed by atoms with Gasteiger partial charge in [-0.2, -0.15) is 8.78 Å². The molecule has 1 aliphatic heterocycles. The zero-order chi connectivity index (χ0) is 16.4. The predicted molar refractivity (Wildman–Crippen MR) is 72.3 cm³/mol. The van der Waals surface area contributed by atoms with Crippen molar-refractivity contribution in [1.82, 2.24) is 4.90 Å². The number of amides is 1. The number of carbonyl (C=O) groups is 2. The summed E-state index contributed by atoms with van der Waals surface area (Å²) in [6.45, 7) is 7.63. The number of carboxylic acids is 1. The molecule has 0 aromatic heterocycles. The van der Waals surface area contributed by atoms with Gasteiger partial charge in [-0.1, -0.05) is 6.92 Å². The number of rotatable bonds is 3. The first kappa shape index (κ1) is 17.7. The number of aliphatic carboxylic acids is 1. The van der Waals surface area contributed by atoms with Crippen molar-refractivity contribution in [2.75, 3.05) is 13.1 Å². The topological polar surface area (TPSA) is 66.8 Å². The van der Waals surface area contributed by atoms with Crippen molar-refractivity contribution in [1.29, 1.82) is 0 Å². The van der Waals surface area contributed by atoms with Crippen LogP contribution >= 0.6 is 0 Å². The number of ether oxygens (including phenoxy) is 1. The number of carbonyl (C=O) groups excluding carboxylic acids is 1. The molecule has 0 aromatic rings. The van der Waals surface area contributed by atoms with Crippen LogP contribution in [0.5, 0.6) is 0 Å².